The highest BCUT2D eigenvalue weighted by atomic mass is 16.8. The maximum atomic E-state index is 12.0. The van der Waals surface area contributed by atoms with Gasteiger partial charge in [0.05, 0.1) is 11.5 Å². The van der Waals surface area contributed by atoms with Crippen molar-refractivity contribution in [3.8, 4) is 0 Å². The summed E-state index contributed by atoms with van der Waals surface area (Å²) in [4.78, 5) is 35.8. The molecule has 0 N–H and O–H groups in total. The van der Waals surface area contributed by atoms with E-state index in [1.165, 1.54) is 32.1 Å². The van der Waals surface area contributed by atoms with Gasteiger partial charge in [0.1, 0.15) is 0 Å². The molecule has 6 heteroatoms. The Morgan fingerprint density at radius 1 is 1.00 bits per heavy atom. The average Bonchev–Trinajstić information content (AvgIpc) is 2.40. The van der Waals surface area contributed by atoms with E-state index in [9.17, 15) is 19.5 Å². The van der Waals surface area contributed by atoms with Crippen LogP contribution >= 0.6 is 0 Å². The molecule has 2 rings (SSSR count). The Kier molecular flexibility index (Phi) is 5.44. The van der Waals surface area contributed by atoms with Crippen LogP contribution in [0.3, 0.4) is 0 Å². The fraction of sp³-hybridized carbons (Fsp3) is 0.526. The summed E-state index contributed by atoms with van der Waals surface area (Å²) >= 11 is 0. The Morgan fingerprint density at radius 3 is 2.16 bits per heavy atom. The molecule has 136 valence electrons. The SMILES string of the molecule is CC1(C)CC(=O)C(=CC=CC=CC2C(=O)OC(C)(C)OC2[O-])C(=O)C1. The summed E-state index contributed by atoms with van der Waals surface area (Å²) in [6.07, 6.45) is 6.59. The molecule has 2 fully saturated rings. The maximum Gasteiger partial charge on any atom is 0.316 e. The zero-order chi connectivity index (χ0) is 18.8. The quantitative estimate of drug-likeness (QED) is 0.333. The van der Waals surface area contributed by atoms with Crippen molar-refractivity contribution in [2.24, 2.45) is 11.3 Å². The minimum atomic E-state index is -1.54. The van der Waals surface area contributed by atoms with E-state index in [1.807, 2.05) is 13.8 Å². The molecule has 1 aliphatic heterocycles. The molecule has 1 aliphatic carbocycles. The molecule has 1 heterocycles. The summed E-state index contributed by atoms with van der Waals surface area (Å²) < 4.78 is 10.1. The first-order valence-corrected chi connectivity index (χ1v) is 8.19. The number of allylic oxidation sites excluding steroid dienone is 5. The van der Waals surface area contributed by atoms with Crippen LogP contribution in [0, 0.1) is 11.3 Å². The number of hydrogen-bond acceptors (Lipinski definition) is 6. The van der Waals surface area contributed by atoms with Gasteiger partial charge in [0.15, 0.2) is 11.6 Å². The number of cyclic esters (lactones) is 1. The standard InChI is InChI=1S/C19H23O6/c1-18(2)10-14(20)12(15(21)11-18)8-6-5-7-9-13-16(22)24-19(3,4)25-17(13)23/h5-9,13,16H,10-11H2,1-4H3/q-1. The average molecular weight is 347 g/mol. The van der Waals surface area contributed by atoms with Crippen molar-refractivity contribution in [1.29, 1.82) is 0 Å². The third kappa shape index (κ3) is 4.96. The van der Waals surface area contributed by atoms with Crippen LogP contribution in [-0.4, -0.2) is 29.6 Å². The predicted molar refractivity (Wildman–Crippen MR) is 87.9 cm³/mol. The Bertz CT molecular complexity index is 643. The Balaban J connectivity index is 1.99. The van der Waals surface area contributed by atoms with Crippen LogP contribution in [0.4, 0.5) is 0 Å². The molecule has 0 aromatic heterocycles. The van der Waals surface area contributed by atoms with Gasteiger partial charge in [-0.15, -0.1) is 0 Å². The monoisotopic (exact) mass is 347 g/mol. The van der Waals surface area contributed by atoms with Crippen LogP contribution in [0.1, 0.15) is 40.5 Å². The van der Waals surface area contributed by atoms with Crippen molar-refractivity contribution in [2.45, 2.75) is 52.6 Å². The van der Waals surface area contributed by atoms with Crippen LogP contribution in [0.5, 0.6) is 0 Å². The zero-order valence-corrected chi connectivity index (χ0v) is 14.9. The summed E-state index contributed by atoms with van der Waals surface area (Å²) in [7, 11) is 0. The lowest BCUT2D eigenvalue weighted by molar-refractivity contribution is -0.532. The van der Waals surface area contributed by atoms with Crippen LogP contribution in [0.15, 0.2) is 36.0 Å². The number of carbonyl (C=O) groups is 3. The fourth-order valence-electron chi connectivity index (χ4n) is 2.83. The lowest BCUT2D eigenvalue weighted by Gasteiger charge is -2.42. The topological polar surface area (TPSA) is 92.7 Å². The van der Waals surface area contributed by atoms with Gasteiger partial charge in [-0.05, 0) is 11.5 Å². The van der Waals surface area contributed by atoms with Crippen molar-refractivity contribution in [3.63, 3.8) is 0 Å². The molecule has 0 amide bonds. The van der Waals surface area contributed by atoms with Crippen LogP contribution in [-0.2, 0) is 23.9 Å². The molecule has 6 nitrogen and oxygen atoms in total. The molecular weight excluding hydrogens is 324 g/mol. The van der Waals surface area contributed by atoms with Gasteiger partial charge >= 0.3 is 5.97 Å². The lowest BCUT2D eigenvalue weighted by Crippen LogP contribution is -2.53. The third-order valence-corrected chi connectivity index (χ3v) is 3.99. The molecule has 0 spiro atoms. The summed E-state index contributed by atoms with van der Waals surface area (Å²) in [5.41, 5.74) is -0.110. The number of hydrogen-bond donors (Lipinski definition) is 0. The molecule has 0 aromatic rings. The Hall–Kier alpha value is -2.05. The van der Waals surface area contributed by atoms with Gasteiger partial charge in [0.25, 0.3) is 0 Å². The molecule has 25 heavy (non-hydrogen) atoms. The van der Waals surface area contributed by atoms with Crippen molar-refractivity contribution in [3.05, 3.63) is 36.0 Å². The van der Waals surface area contributed by atoms with E-state index >= 15 is 0 Å². The van der Waals surface area contributed by atoms with Crippen LogP contribution in [0.25, 0.3) is 0 Å². The van der Waals surface area contributed by atoms with E-state index in [0.717, 1.165) is 0 Å². The van der Waals surface area contributed by atoms with Gasteiger partial charge < -0.3 is 14.6 Å². The van der Waals surface area contributed by atoms with E-state index < -0.39 is 24.0 Å². The minimum absolute atomic E-state index is 0.166. The molecule has 2 atom stereocenters. The number of ether oxygens (including phenoxy) is 2. The fourth-order valence-corrected chi connectivity index (χ4v) is 2.83. The number of esters is 1. The number of Topliss-reactive ketones (excluding diaryl/α,β-unsaturated/α-hetero) is 2. The molecule has 2 unspecified atom stereocenters. The first kappa shape index (κ1) is 19.3. The largest absolute Gasteiger partial charge is 0.830 e. The van der Waals surface area contributed by atoms with Crippen LogP contribution in [0.2, 0.25) is 0 Å². The van der Waals surface area contributed by atoms with Crippen molar-refractivity contribution in [1.82, 2.24) is 0 Å². The smallest absolute Gasteiger partial charge is 0.316 e. The maximum absolute atomic E-state index is 12.0. The summed E-state index contributed by atoms with van der Waals surface area (Å²) in [5, 5.41) is 11.9. The second kappa shape index (κ2) is 7.06. The van der Waals surface area contributed by atoms with Gasteiger partial charge in [-0.2, -0.15) is 0 Å². The molecule has 2 aliphatic rings. The van der Waals surface area contributed by atoms with Gasteiger partial charge in [-0.3, -0.25) is 14.4 Å². The summed E-state index contributed by atoms with van der Waals surface area (Å²) in [5.74, 6) is -3.23. The van der Waals surface area contributed by atoms with Crippen molar-refractivity contribution < 1.29 is 29.0 Å². The van der Waals surface area contributed by atoms with E-state index in [2.05, 4.69) is 0 Å². The minimum Gasteiger partial charge on any atom is -0.830 e. The first-order valence-electron chi connectivity index (χ1n) is 8.19. The normalized spacial score (nSPS) is 29.3. The van der Waals surface area contributed by atoms with E-state index in [-0.39, 0.29) is 22.6 Å². The zero-order valence-electron chi connectivity index (χ0n) is 14.9. The molecule has 0 aromatic carbocycles. The molecule has 1 saturated carbocycles. The summed E-state index contributed by atoms with van der Waals surface area (Å²) in [6.45, 7) is 6.79. The first-order chi connectivity index (χ1) is 11.5. The van der Waals surface area contributed by atoms with Gasteiger partial charge in [-0.1, -0.05) is 38.2 Å². The van der Waals surface area contributed by atoms with Gasteiger partial charge in [-0.25, -0.2) is 0 Å². The third-order valence-electron chi connectivity index (χ3n) is 3.99. The van der Waals surface area contributed by atoms with Crippen LogP contribution < -0.4 is 5.11 Å². The van der Waals surface area contributed by atoms with E-state index in [4.69, 9.17) is 9.47 Å². The van der Waals surface area contributed by atoms with Gasteiger partial charge in [0, 0.05) is 33.0 Å². The number of rotatable bonds is 3. The predicted octanol–water partition coefficient (Wildman–Crippen LogP) is 1.60. The van der Waals surface area contributed by atoms with Gasteiger partial charge in [0.2, 0.25) is 5.79 Å². The lowest BCUT2D eigenvalue weighted by atomic mass is 9.74. The highest BCUT2D eigenvalue weighted by Gasteiger charge is 2.37. The molecule has 0 radical (unpaired) electrons. The highest BCUT2D eigenvalue weighted by Crippen LogP contribution is 2.33. The molecule has 1 saturated heterocycles. The van der Waals surface area contributed by atoms with Crippen molar-refractivity contribution in [2.75, 3.05) is 0 Å². The van der Waals surface area contributed by atoms with Crippen molar-refractivity contribution >= 4 is 17.5 Å². The second-order valence-electron chi connectivity index (χ2n) is 7.55. The Morgan fingerprint density at radius 2 is 1.60 bits per heavy atom. The highest BCUT2D eigenvalue weighted by molar-refractivity contribution is 6.22. The molecule has 0 bridgehead atoms. The van der Waals surface area contributed by atoms with E-state index in [0.29, 0.717) is 12.8 Å². The molecular formula is C19H23O6-. The number of carbonyl (C=O) groups excluding carboxylic acids is 3. The summed E-state index contributed by atoms with van der Waals surface area (Å²) in [6, 6.07) is 0. The van der Waals surface area contributed by atoms with E-state index in [1.54, 1.807) is 12.2 Å². The second-order valence-corrected chi connectivity index (χ2v) is 7.55. The Labute approximate surface area is 147 Å². The number of ketones is 2.